The summed E-state index contributed by atoms with van der Waals surface area (Å²) in [5.74, 6) is 0.114. The zero-order valence-electron chi connectivity index (χ0n) is 13.5. The highest BCUT2D eigenvalue weighted by Gasteiger charge is 2.12. The van der Waals surface area contributed by atoms with Crippen molar-refractivity contribution in [2.75, 3.05) is 6.61 Å². The summed E-state index contributed by atoms with van der Waals surface area (Å²) in [6, 6.07) is 16.8. The fourth-order valence-corrected chi connectivity index (χ4v) is 3.86. The van der Waals surface area contributed by atoms with Crippen molar-refractivity contribution in [1.82, 2.24) is 5.32 Å². The molecule has 0 radical (unpaired) electrons. The second-order valence-electron chi connectivity index (χ2n) is 5.10. The predicted molar refractivity (Wildman–Crippen MR) is 110 cm³/mol. The smallest absolute Gasteiger partial charge is 0.262 e. The summed E-state index contributed by atoms with van der Waals surface area (Å²) >= 11 is 5.46. The van der Waals surface area contributed by atoms with Crippen molar-refractivity contribution in [3.63, 3.8) is 0 Å². The van der Waals surface area contributed by atoms with E-state index in [1.54, 1.807) is 12.1 Å². The molecule has 0 heterocycles. The van der Waals surface area contributed by atoms with Crippen LogP contribution in [0, 0.1) is 26.2 Å². The van der Waals surface area contributed by atoms with E-state index in [4.69, 9.17) is 10.00 Å². The summed E-state index contributed by atoms with van der Waals surface area (Å²) in [7, 11) is 0. The van der Waals surface area contributed by atoms with Gasteiger partial charge in [0.05, 0.1) is 8.04 Å². The van der Waals surface area contributed by atoms with Gasteiger partial charge in [-0.25, -0.2) is 0 Å². The number of nitriles is 2. The molecule has 130 valence electrons. The minimum atomic E-state index is -0.438. The van der Waals surface area contributed by atoms with Gasteiger partial charge in [-0.1, -0.05) is 30.3 Å². The van der Waals surface area contributed by atoms with E-state index in [1.165, 1.54) is 6.08 Å². The fourth-order valence-electron chi connectivity index (χ4n) is 2.09. The average molecular weight is 522 g/mol. The fraction of sp³-hybridized carbons (Fsp3) is 0.105. The van der Waals surface area contributed by atoms with Gasteiger partial charge in [-0.05, 0) is 67.9 Å². The number of hydrogen-bond acceptors (Lipinski definition) is 4. The first-order valence-corrected chi connectivity index (χ1v) is 9.35. The Morgan fingerprint density at radius 2 is 2.00 bits per heavy atom. The Morgan fingerprint density at radius 1 is 1.27 bits per heavy atom. The van der Waals surface area contributed by atoms with Crippen LogP contribution >= 0.6 is 38.5 Å². The summed E-state index contributed by atoms with van der Waals surface area (Å²) in [6.45, 7) is 0.288. The molecule has 0 saturated carbocycles. The van der Waals surface area contributed by atoms with Crippen LogP contribution in [-0.4, -0.2) is 12.5 Å². The highest BCUT2D eigenvalue weighted by Crippen LogP contribution is 2.32. The molecule has 0 bridgehead atoms. The number of carbonyl (C=O) groups excluding carboxylic acids is 1. The van der Waals surface area contributed by atoms with Crippen LogP contribution in [0.1, 0.15) is 11.1 Å². The normalized spacial score (nSPS) is 10.5. The highest BCUT2D eigenvalue weighted by molar-refractivity contribution is 14.1. The third-order valence-electron chi connectivity index (χ3n) is 3.27. The Morgan fingerprint density at radius 3 is 2.62 bits per heavy atom. The number of benzene rings is 2. The highest BCUT2D eigenvalue weighted by atomic mass is 127. The molecule has 2 rings (SSSR count). The van der Waals surface area contributed by atoms with Gasteiger partial charge in [0.25, 0.3) is 5.91 Å². The number of hydrogen-bond donors (Lipinski definition) is 1. The van der Waals surface area contributed by atoms with Gasteiger partial charge in [-0.3, -0.25) is 4.79 Å². The van der Waals surface area contributed by atoms with Gasteiger partial charge < -0.3 is 10.1 Å². The lowest BCUT2D eigenvalue weighted by Crippen LogP contribution is -2.23. The van der Waals surface area contributed by atoms with Crippen molar-refractivity contribution in [3.05, 3.63) is 67.2 Å². The summed E-state index contributed by atoms with van der Waals surface area (Å²) < 4.78 is 6.77. The molecule has 0 fully saturated rings. The number of rotatable bonds is 6. The first kappa shape index (κ1) is 20.0. The van der Waals surface area contributed by atoms with Crippen molar-refractivity contribution in [2.45, 2.75) is 6.54 Å². The monoisotopic (exact) mass is 521 g/mol. The zero-order chi connectivity index (χ0) is 18.9. The lowest BCUT2D eigenvalue weighted by Gasteiger charge is -2.09. The van der Waals surface area contributed by atoms with Crippen LogP contribution in [0.4, 0.5) is 0 Å². The standard InChI is InChI=1S/C19H13BrIN3O2/c20-16-9-14(10-17(21)18(16)26-7-6-22)8-15(11-23)19(25)24-12-13-4-2-1-3-5-13/h1-5,8-10H,7,12H2,(H,24,25)/b15-8-. The van der Waals surface area contributed by atoms with Crippen LogP contribution < -0.4 is 10.1 Å². The van der Waals surface area contributed by atoms with Crippen LogP contribution in [0.3, 0.4) is 0 Å². The van der Waals surface area contributed by atoms with E-state index in [-0.39, 0.29) is 12.2 Å². The molecule has 0 aliphatic carbocycles. The second-order valence-corrected chi connectivity index (χ2v) is 7.12. The molecule has 0 aromatic heterocycles. The quantitative estimate of drug-likeness (QED) is 0.351. The minimum absolute atomic E-state index is 0.00863. The van der Waals surface area contributed by atoms with E-state index < -0.39 is 5.91 Å². The van der Waals surface area contributed by atoms with Crippen molar-refractivity contribution in [3.8, 4) is 17.9 Å². The van der Waals surface area contributed by atoms with E-state index >= 15 is 0 Å². The number of nitrogens with zero attached hydrogens (tertiary/aromatic N) is 2. The number of amides is 1. The molecule has 2 aromatic rings. The second kappa shape index (κ2) is 9.95. The summed E-state index contributed by atoms with van der Waals surface area (Å²) in [5.41, 5.74) is 1.64. The molecule has 0 unspecified atom stereocenters. The number of nitrogens with one attached hydrogen (secondary N) is 1. The van der Waals surface area contributed by atoms with Crippen LogP contribution in [0.15, 0.2) is 52.5 Å². The van der Waals surface area contributed by atoms with Gasteiger partial charge in [-0.15, -0.1) is 0 Å². The van der Waals surface area contributed by atoms with Gasteiger partial charge in [0, 0.05) is 6.54 Å². The number of halogens is 2. The molecule has 0 saturated heterocycles. The molecular weight excluding hydrogens is 509 g/mol. The minimum Gasteiger partial charge on any atom is -0.476 e. The molecule has 2 aromatic carbocycles. The Kier molecular flexibility index (Phi) is 7.64. The van der Waals surface area contributed by atoms with Crippen molar-refractivity contribution < 1.29 is 9.53 Å². The lowest BCUT2D eigenvalue weighted by atomic mass is 10.1. The molecule has 7 heteroatoms. The first-order chi connectivity index (χ1) is 12.5. The molecule has 1 N–H and O–H groups in total. The molecule has 5 nitrogen and oxygen atoms in total. The first-order valence-electron chi connectivity index (χ1n) is 7.48. The van der Waals surface area contributed by atoms with Crippen molar-refractivity contribution in [2.24, 2.45) is 0 Å². The van der Waals surface area contributed by atoms with Crippen LogP contribution in [0.25, 0.3) is 6.08 Å². The maximum Gasteiger partial charge on any atom is 0.262 e. The van der Waals surface area contributed by atoms with Crippen LogP contribution in [0.2, 0.25) is 0 Å². The maximum atomic E-state index is 12.3. The third kappa shape index (κ3) is 5.58. The van der Waals surface area contributed by atoms with E-state index in [0.29, 0.717) is 22.3 Å². The molecule has 0 atom stereocenters. The molecular formula is C19H13BrIN3O2. The topological polar surface area (TPSA) is 85.9 Å². The van der Waals surface area contributed by atoms with E-state index in [2.05, 4.69) is 43.8 Å². The summed E-state index contributed by atoms with van der Waals surface area (Å²) in [6.07, 6.45) is 1.52. The lowest BCUT2D eigenvalue weighted by molar-refractivity contribution is -0.117. The van der Waals surface area contributed by atoms with E-state index in [9.17, 15) is 10.1 Å². The Bertz CT molecular complexity index is 892. The predicted octanol–water partition coefficient (Wildman–Crippen LogP) is 4.18. The van der Waals surface area contributed by atoms with Gasteiger partial charge >= 0.3 is 0 Å². The Balaban J connectivity index is 2.16. The molecule has 26 heavy (non-hydrogen) atoms. The zero-order valence-corrected chi connectivity index (χ0v) is 17.2. The maximum absolute atomic E-state index is 12.3. The van der Waals surface area contributed by atoms with Crippen molar-refractivity contribution in [1.29, 1.82) is 10.5 Å². The number of ether oxygens (including phenoxy) is 1. The van der Waals surface area contributed by atoms with Gasteiger partial charge in [0.2, 0.25) is 0 Å². The van der Waals surface area contributed by atoms with Gasteiger partial charge in [0.1, 0.15) is 23.5 Å². The van der Waals surface area contributed by atoms with Gasteiger partial charge in [-0.2, -0.15) is 10.5 Å². The Hall–Kier alpha value is -2.36. The molecule has 0 spiro atoms. The average Bonchev–Trinajstić information content (AvgIpc) is 2.64. The third-order valence-corrected chi connectivity index (χ3v) is 4.66. The molecule has 1 amide bonds. The number of carbonyl (C=O) groups is 1. The van der Waals surface area contributed by atoms with E-state index in [0.717, 1.165) is 9.13 Å². The largest absolute Gasteiger partial charge is 0.476 e. The SMILES string of the molecule is N#CCOc1c(Br)cc(/C=C(/C#N)C(=O)NCc2ccccc2)cc1I. The molecule has 0 aliphatic rings. The van der Waals surface area contributed by atoms with Gasteiger partial charge in [0.15, 0.2) is 6.61 Å². The molecule has 0 aliphatic heterocycles. The van der Waals surface area contributed by atoms with E-state index in [1.807, 2.05) is 42.5 Å². The summed E-state index contributed by atoms with van der Waals surface area (Å²) in [4.78, 5) is 12.3. The Labute approximate surface area is 173 Å². The van der Waals surface area contributed by atoms with Crippen LogP contribution in [0.5, 0.6) is 5.75 Å². The van der Waals surface area contributed by atoms with Crippen molar-refractivity contribution >= 4 is 50.5 Å². The van der Waals surface area contributed by atoms with Crippen LogP contribution in [-0.2, 0) is 11.3 Å². The summed E-state index contributed by atoms with van der Waals surface area (Å²) in [5, 5.41) is 20.7.